The second kappa shape index (κ2) is 33.3. The largest absolute Gasteiger partial charge is 0.481 e. The number of H-pyrrole nitrogens is 1. The summed E-state index contributed by atoms with van der Waals surface area (Å²) in [6, 6.07) is -5.05. The number of aliphatic carboxylic acids is 2. The molecule has 8 amide bonds. The van der Waals surface area contributed by atoms with Crippen LogP contribution in [0.1, 0.15) is 91.3 Å². The van der Waals surface area contributed by atoms with Gasteiger partial charge in [0.1, 0.15) is 48.3 Å². The normalized spacial score (nSPS) is 15.1. The van der Waals surface area contributed by atoms with Crippen molar-refractivity contribution in [2.45, 2.75) is 147 Å². The molecule has 0 spiro atoms. The van der Waals surface area contributed by atoms with Gasteiger partial charge < -0.3 is 85.1 Å². The molecule has 0 saturated heterocycles. The molecule has 1 aromatic carbocycles. The van der Waals surface area contributed by atoms with E-state index < -0.39 is 146 Å². The lowest BCUT2D eigenvalue weighted by molar-refractivity contribution is -0.143. The van der Waals surface area contributed by atoms with E-state index in [4.69, 9.17) is 17.2 Å². The number of benzene rings is 1. The number of hydrogen-bond acceptors (Lipinski definition) is 15. The van der Waals surface area contributed by atoms with Crippen LogP contribution in [0.4, 0.5) is 0 Å². The number of guanidine groups is 1. The highest BCUT2D eigenvalue weighted by atomic mass is 16.4. The van der Waals surface area contributed by atoms with E-state index in [-0.39, 0.29) is 56.4 Å². The lowest BCUT2D eigenvalue weighted by Gasteiger charge is -2.29. The Balaban J connectivity index is 2.46. The summed E-state index contributed by atoms with van der Waals surface area (Å²) in [5, 5.41) is 59.5. The molecule has 0 fully saturated rings. The average molecular weight is 1090 g/mol. The lowest BCUT2D eigenvalue weighted by atomic mass is 9.96. The number of aliphatic hydroxyl groups excluding tert-OH is 2. The van der Waals surface area contributed by atoms with Crippen LogP contribution in [0.3, 0.4) is 0 Å². The Bertz CT molecular complexity index is 2300. The highest BCUT2D eigenvalue weighted by Gasteiger charge is 2.36. The van der Waals surface area contributed by atoms with Crippen molar-refractivity contribution in [3.8, 4) is 0 Å². The second-order valence-corrected chi connectivity index (χ2v) is 19.3. The Morgan fingerprint density at radius 2 is 1.10 bits per heavy atom. The first-order valence-electron chi connectivity index (χ1n) is 25.2. The summed E-state index contributed by atoms with van der Waals surface area (Å²) in [6.45, 7) is 8.16. The molecule has 28 nitrogen and oxygen atoms in total. The fourth-order valence-electron chi connectivity index (χ4n) is 7.42. The molecule has 0 bridgehead atoms. The van der Waals surface area contributed by atoms with Gasteiger partial charge in [-0.25, -0.2) is 9.78 Å². The summed E-state index contributed by atoms with van der Waals surface area (Å²) in [4.78, 5) is 144. The number of nitrogens with zero attached hydrogens (tertiary/aromatic N) is 2. The number of amides is 8. The van der Waals surface area contributed by atoms with Gasteiger partial charge in [0.25, 0.3) is 0 Å². The SMILES string of the molecule is CC[C@H](C)[C@H](NC(=O)[C@H](Cc1cnc[nH]1)NC(=O)[C@H](CCCN=C(N)N)NC(=O)[C@H](CO)NC(=O)[C@H](Cc1ccccc1)NC(=O)[C@H](CO)NC(=O)[C@H](CCC(=O)O)NC(=O)[C@@H](N)C(C)C)C(=O)N[C@@H](CC(C)C)C(=O)O. The Hall–Kier alpha value is -7.72. The number of aromatic amines is 1. The van der Waals surface area contributed by atoms with Gasteiger partial charge in [-0.2, -0.15) is 0 Å². The highest BCUT2D eigenvalue weighted by molar-refractivity contribution is 5.98. The lowest BCUT2D eigenvalue weighted by Crippen LogP contribution is -2.62. The van der Waals surface area contributed by atoms with Crippen molar-refractivity contribution in [2.24, 2.45) is 39.9 Å². The fourth-order valence-corrected chi connectivity index (χ4v) is 7.42. The maximum Gasteiger partial charge on any atom is 0.326 e. The Kier molecular flexibility index (Phi) is 28.3. The molecule has 0 aliphatic rings. The topological polar surface area (TPSA) is 467 Å². The average Bonchev–Trinajstić information content (AvgIpc) is 3.90. The number of aromatic nitrogens is 2. The monoisotopic (exact) mass is 1090 g/mol. The number of carbonyl (C=O) groups excluding carboxylic acids is 8. The molecule has 428 valence electrons. The number of aliphatic hydroxyl groups is 2. The van der Waals surface area contributed by atoms with Crippen molar-refractivity contribution < 1.29 is 68.4 Å². The molecule has 0 radical (unpaired) electrons. The van der Waals surface area contributed by atoms with E-state index >= 15 is 0 Å². The minimum Gasteiger partial charge on any atom is -0.481 e. The van der Waals surface area contributed by atoms with E-state index in [0.717, 1.165) is 0 Å². The van der Waals surface area contributed by atoms with Crippen molar-refractivity contribution in [1.82, 2.24) is 52.5 Å². The number of carbonyl (C=O) groups is 10. The molecule has 1 aromatic heterocycles. The van der Waals surface area contributed by atoms with E-state index in [0.29, 0.717) is 17.7 Å². The maximum absolute atomic E-state index is 14.3. The molecule has 0 aliphatic carbocycles. The number of carboxylic acid groups (broad SMARTS) is 2. The van der Waals surface area contributed by atoms with Crippen molar-refractivity contribution in [2.75, 3.05) is 19.8 Å². The van der Waals surface area contributed by atoms with Crippen LogP contribution in [-0.4, -0.2) is 170 Å². The standard InChI is InChI=1S/C49H78N14O14/c1-7-27(6)39(47(75)60-34(48(76)77)18-25(2)3)63-43(71)33(20-29-21-53-24-55-29)59-40(68)30(14-11-17-54-49(51)52)56-44(72)35(22-64)62-42(70)32(19-28-12-9-8-10-13-28)58-45(73)36(23-65)61-41(69)31(15-16-37(66)67)57-46(74)38(50)26(4)5/h8-10,12-13,21,24-27,30-36,38-39,64-65H,7,11,14-20,22-23,50H2,1-6H3,(H,53,55)(H,56,72)(H,57,74)(H,58,73)(H,59,68)(H,60,75)(H,61,69)(H,62,70)(H,63,71)(H,66,67)(H,76,77)(H4,51,52,54)/t27-,30-,31-,32-,33-,34-,35-,36-,38-,39-/m0/s1. The van der Waals surface area contributed by atoms with Crippen LogP contribution in [0, 0.1) is 17.8 Å². The molecular formula is C49H78N14O14. The summed E-state index contributed by atoms with van der Waals surface area (Å²) < 4.78 is 0. The molecule has 1 heterocycles. The molecule has 28 heteroatoms. The van der Waals surface area contributed by atoms with E-state index in [2.05, 4.69) is 57.5 Å². The van der Waals surface area contributed by atoms with Crippen molar-refractivity contribution >= 4 is 65.2 Å². The smallest absolute Gasteiger partial charge is 0.326 e. The van der Waals surface area contributed by atoms with Crippen LogP contribution in [0.2, 0.25) is 0 Å². The van der Waals surface area contributed by atoms with E-state index in [1.54, 1.807) is 71.9 Å². The zero-order valence-electron chi connectivity index (χ0n) is 44.2. The Morgan fingerprint density at radius 3 is 1.58 bits per heavy atom. The first-order valence-corrected chi connectivity index (χ1v) is 25.2. The summed E-state index contributed by atoms with van der Waals surface area (Å²) in [7, 11) is 0. The van der Waals surface area contributed by atoms with E-state index in [9.17, 15) is 68.4 Å². The third kappa shape index (κ3) is 23.4. The van der Waals surface area contributed by atoms with Crippen molar-refractivity contribution in [1.29, 1.82) is 0 Å². The molecular weight excluding hydrogens is 1010 g/mol. The summed E-state index contributed by atoms with van der Waals surface area (Å²) in [5.41, 5.74) is 17.8. The molecule has 2 rings (SSSR count). The first-order chi connectivity index (χ1) is 36.3. The molecule has 77 heavy (non-hydrogen) atoms. The zero-order chi connectivity index (χ0) is 57.9. The van der Waals surface area contributed by atoms with Gasteiger partial charge in [-0.05, 0) is 49.0 Å². The third-order valence-electron chi connectivity index (χ3n) is 12.2. The number of nitrogens with two attached hydrogens (primary N) is 3. The minimum atomic E-state index is -1.81. The first kappa shape index (κ1) is 65.4. The fraction of sp³-hybridized carbons (Fsp3) is 0.592. The number of imidazole rings is 1. The Labute approximate surface area is 446 Å². The summed E-state index contributed by atoms with van der Waals surface area (Å²) in [6.07, 6.45) is 1.61. The quantitative estimate of drug-likeness (QED) is 0.0178. The Morgan fingerprint density at radius 1 is 0.623 bits per heavy atom. The molecule has 0 unspecified atom stereocenters. The number of rotatable bonds is 35. The minimum absolute atomic E-state index is 0.0276. The molecule has 0 aliphatic heterocycles. The van der Waals surface area contributed by atoms with Crippen LogP contribution in [-0.2, 0) is 60.8 Å². The zero-order valence-corrected chi connectivity index (χ0v) is 44.2. The summed E-state index contributed by atoms with van der Waals surface area (Å²) >= 11 is 0. The van der Waals surface area contributed by atoms with Gasteiger partial charge in [-0.1, -0.05) is 78.3 Å². The molecule has 2 aromatic rings. The van der Waals surface area contributed by atoms with Gasteiger partial charge in [-0.15, -0.1) is 0 Å². The van der Waals surface area contributed by atoms with Gasteiger partial charge in [0, 0.05) is 37.7 Å². The van der Waals surface area contributed by atoms with E-state index in [1.165, 1.54) is 12.5 Å². The number of hydrogen-bond donors (Lipinski definition) is 16. The molecule has 19 N–H and O–H groups in total. The van der Waals surface area contributed by atoms with Gasteiger partial charge in [-0.3, -0.25) is 48.1 Å². The van der Waals surface area contributed by atoms with Crippen LogP contribution in [0.25, 0.3) is 0 Å². The summed E-state index contributed by atoms with van der Waals surface area (Å²) in [5.74, 6) is -11.5. The van der Waals surface area contributed by atoms with Crippen LogP contribution < -0.4 is 59.7 Å². The maximum atomic E-state index is 14.3. The van der Waals surface area contributed by atoms with Gasteiger partial charge in [0.2, 0.25) is 47.3 Å². The van der Waals surface area contributed by atoms with Crippen LogP contribution in [0.15, 0.2) is 47.8 Å². The second-order valence-electron chi connectivity index (χ2n) is 19.3. The van der Waals surface area contributed by atoms with E-state index in [1.807, 2.05) is 0 Å². The van der Waals surface area contributed by atoms with Crippen LogP contribution >= 0.6 is 0 Å². The highest BCUT2D eigenvalue weighted by Crippen LogP contribution is 2.13. The number of carboxylic acids is 2. The number of nitrogens with one attached hydrogen (secondary N) is 9. The van der Waals surface area contributed by atoms with Crippen molar-refractivity contribution in [3.05, 3.63) is 54.1 Å². The van der Waals surface area contributed by atoms with Gasteiger partial charge >= 0.3 is 11.9 Å². The van der Waals surface area contributed by atoms with Gasteiger partial charge in [0.05, 0.1) is 25.6 Å². The van der Waals surface area contributed by atoms with Crippen molar-refractivity contribution in [3.63, 3.8) is 0 Å². The predicted octanol–water partition coefficient (Wildman–Crippen LogP) is -3.86. The molecule has 10 atom stereocenters. The third-order valence-corrected chi connectivity index (χ3v) is 12.2. The van der Waals surface area contributed by atoms with Gasteiger partial charge in [0.15, 0.2) is 5.96 Å². The number of aliphatic imine (C=N–C) groups is 1. The molecule has 0 saturated carbocycles. The van der Waals surface area contributed by atoms with Crippen LogP contribution in [0.5, 0.6) is 0 Å². The predicted molar refractivity (Wildman–Crippen MR) is 278 cm³/mol.